The van der Waals surface area contributed by atoms with Gasteiger partial charge >= 0.3 is 5.97 Å². The highest BCUT2D eigenvalue weighted by molar-refractivity contribution is 14.1. The van der Waals surface area contributed by atoms with E-state index in [0.29, 0.717) is 22.1 Å². The van der Waals surface area contributed by atoms with E-state index >= 15 is 0 Å². The summed E-state index contributed by atoms with van der Waals surface area (Å²) in [7, 11) is 1.57. The molecule has 0 amide bonds. The maximum Gasteiger partial charge on any atom is 0.363 e. The van der Waals surface area contributed by atoms with Crippen LogP contribution in [0.15, 0.2) is 71.4 Å². The first-order chi connectivity index (χ1) is 15.4. The van der Waals surface area contributed by atoms with Crippen molar-refractivity contribution in [2.75, 3.05) is 7.11 Å². The summed E-state index contributed by atoms with van der Waals surface area (Å²) >= 11 is 8.33. The molecule has 0 fully saturated rings. The fraction of sp³-hybridized carbons (Fsp3) is 0.120. The third kappa shape index (κ3) is 4.97. The molecule has 0 spiro atoms. The van der Waals surface area contributed by atoms with E-state index in [-0.39, 0.29) is 18.2 Å². The minimum Gasteiger partial charge on any atom is -0.493 e. The van der Waals surface area contributed by atoms with E-state index in [4.69, 9.17) is 25.8 Å². The summed E-state index contributed by atoms with van der Waals surface area (Å²) in [6.07, 6.45) is 1.64. The van der Waals surface area contributed by atoms with Crippen molar-refractivity contribution in [1.29, 1.82) is 0 Å². The number of hydrogen-bond acceptors (Lipinski definition) is 5. The highest BCUT2D eigenvalue weighted by Gasteiger charge is 2.25. The normalized spacial score (nSPS) is 14.3. The van der Waals surface area contributed by atoms with Crippen molar-refractivity contribution < 1.29 is 19.0 Å². The fourth-order valence-electron chi connectivity index (χ4n) is 3.20. The average Bonchev–Trinajstić information content (AvgIpc) is 3.14. The zero-order valence-corrected chi connectivity index (χ0v) is 20.3. The molecule has 0 unspecified atom stereocenters. The molecule has 0 saturated carbocycles. The molecule has 0 N–H and O–H groups in total. The number of aryl methyl sites for hydroxylation is 1. The second-order valence-electron chi connectivity index (χ2n) is 7.10. The van der Waals surface area contributed by atoms with Crippen LogP contribution in [0.4, 0.5) is 0 Å². The highest BCUT2D eigenvalue weighted by atomic mass is 127. The van der Waals surface area contributed by atoms with Gasteiger partial charge in [0, 0.05) is 19.7 Å². The molecule has 162 valence electrons. The first-order valence-electron chi connectivity index (χ1n) is 9.78. The van der Waals surface area contributed by atoms with Crippen molar-refractivity contribution in [3.05, 3.63) is 97.2 Å². The lowest BCUT2D eigenvalue weighted by molar-refractivity contribution is -0.129. The first-order valence-corrected chi connectivity index (χ1v) is 11.2. The van der Waals surface area contributed by atoms with Gasteiger partial charge in [0.25, 0.3) is 0 Å². The standard InChI is InChI=1S/C25H19ClINO4/c1-15-11-18(9-10-20(15)27)24-28-21(25(29)32-24)13-17-6-4-8-22(30-2)23(17)31-14-16-5-3-7-19(26)12-16/h3-13H,14H2,1-2H3/b21-13-. The zero-order valence-electron chi connectivity index (χ0n) is 17.4. The summed E-state index contributed by atoms with van der Waals surface area (Å²) in [5.41, 5.74) is 3.60. The Balaban J connectivity index is 1.66. The molecule has 1 heterocycles. The Labute approximate surface area is 204 Å². The molecule has 3 aromatic rings. The van der Waals surface area contributed by atoms with E-state index < -0.39 is 5.97 Å². The lowest BCUT2D eigenvalue weighted by atomic mass is 10.1. The number of aliphatic imine (C=N–C) groups is 1. The van der Waals surface area contributed by atoms with Gasteiger partial charge in [-0.3, -0.25) is 0 Å². The molecule has 0 aromatic heterocycles. The van der Waals surface area contributed by atoms with Crippen LogP contribution in [0.3, 0.4) is 0 Å². The Morgan fingerprint density at radius 3 is 2.69 bits per heavy atom. The molecule has 0 saturated heterocycles. The van der Waals surface area contributed by atoms with Gasteiger partial charge in [-0.15, -0.1) is 0 Å². The van der Waals surface area contributed by atoms with Gasteiger partial charge in [0.1, 0.15) is 6.61 Å². The molecule has 4 rings (SSSR count). The van der Waals surface area contributed by atoms with Crippen LogP contribution in [0, 0.1) is 10.5 Å². The topological polar surface area (TPSA) is 57.1 Å². The van der Waals surface area contributed by atoms with Crippen molar-refractivity contribution in [2.45, 2.75) is 13.5 Å². The number of hydrogen-bond donors (Lipinski definition) is 0. The molecule has 0 atom stereocenters. The number of carbonyl (C=O) groups excluding carboxylic acids is 1. The van der Waals surface area contributed by atoms with Gasteiger partial charge in [0.2, 0.25) is 5.90 Å². The van der Waals surface area contributed by atoms with Crippen molar-refractivity contribution in [2.24, 2.45) is 4.99 Å². The lowest BCUT2D eigenvalue weighted by Gasteiger charge is -2.13. The quantitative estimate of drug-likeness (QED) is 0.205. The van der Waals surface area contributed by atoms with Gasteiger partial charge in [0.15, 0.2) is 17.2 Å². The highest BCUT2D eigenvalue weighted by Crippen LogP contribution is 2.34. The Morgan fingerprint density at radius 2 is 1.94 bits per heavy atom. The molecule has 5 nitrogen and oxygen atoms in total. The largest absolute Gasteiger partial charge is 0.493 e. The first kappa shape index (κ1) is 22.4. The Kier molecular flexibility index (Phi) is 6.81. The monoisotopic (exact) mass is 559 g/mol. The van der Waals surface area contributed by atoms with Gasteiger partial charge < -0.3 is 14.2 Å². The number of nitrogens with zero attached hydrogens (tertiary/aromatic N) is 1. The maximum absolute atomic E-state index is 12.5. The third-order valence-electron chi connectivity index (χ3n) is 4.82. The molecular weight excluding hydrogens is 541 g/mol. The second kappa shape index (κ2) is 9.75. The maximum atomic E-state index is 12.5. The zero-order chi connectivity index (χ0) is 22.7. The summed E-state index contributed by atoms with van der Waals surface area (Å²) in [4.78, 5) is 16.9. The number of ether oxygens (including phenoxy) is 3. The van der Waals surface area contributed by atoms with Crippen molar-refractivity contribution in [3.8, 4) is 11.5 Å². The summed E-state index contributed by atoms with van der Waals surface area (Å²) in [6, 6.07) is 18.7. The van der Waals surface area contributed by atoms with Crippen molar-refractivity contribution in [1.82, 2.24) is 0 Å². The van der Waals surface area contributed by atoms with Gasteiger partial charge in [-0.05, 0) is 83.1 Å². The van der Waals surface area contributed by atoms with Crippen molar-refractivity contribution in [3.63, 3.8) is 0 Å². The molecule has 0 aliphatic carbocycles. The van der Waals surface area contributed by atoms with E-state index in [2.05, 4.69) is 27.6 Å². The lowest BCUT2D eigenvalue weighted by Crippen LogP contribution is -2.06. The van der Waals surface area contributed by atoms with Crippen LogP contribution in [-0.2, 0) is 16.1 Å². The van der Waals surface area contributed by atoms with Crippen molar-refractivity contribution >= 4 is 52.1 Å². The van der Waals surface area contributed by atoms with Crippen LogP contribution in [0.5, 0.6) is 11.5 Å². The van der Waals surface area contributed by atoms with Gasteiger partial charge in [-0.1, -0.05) is 35.9 Å². The molecule has 0 radical (unpaired) electrons. The van der Waals surface area contributed by atoms with E-state index in [9.17, 15) is 4.79 Å². The molecule has 3 aromatic carbocycles. The number of cyclic esters (lactones) is 1. The molecule has 32 heavy (non-hydrogen) atoms. The SMILES string of the molecule is COc1cccc(/C=C2\N=C(c3ccc(I)c(C)c3)OC2=O)c1OCc1cccc(Cl)c1. The number of para-hydroxylation sites is 1. The molecule has 7 heteroatoms. The predicted molar refractivity (Wildman–Crippen MR) is 133 cm³/mol. The smallest absolute Gasteiger partial charge is 0.363 e. The van der Waals surface area contributed by atoms with Crippen LogP contribution >= 0.6 is 34.2 Å². The second-order valence-corrected chi connectivity index (χ2v) is 8.70. The number of benzene rings is 3. The Hall–Kier alpha value is -2.84. The predicted octanol–water partition coefficient (Wildman–Crippen LogP) is 6.19. The summed E-state index contributed by atoms with van der Waals surface area (Å²) in [5.74, 6) is 0.819. The molecule has 0 bridgehead atoms. The minimum absolute atomic E-state index is 0.192. The van der Waals surface area contributed by atoms with Crippen LogP contribution in [0.1, 0.15) is 22.3 Å². The van der Waals surface area contributed by atoms with E-state index in [1.54, 1.807) is 25.3 Å². The number of carbonyl (C=O) groups is 1. The van der Waals surface area contributed by atoms with Gasteiger partial charge in [-0.2, -0.15) is 0 Å². The molecular formula is C25H19ClINO4. The summed E-state index contributed by atoms with van der Waals surface area (Å²) in [6.45, 7) is 2.29. The van der Waals surface area contributed by atoms with Gasteiger partial charge in [-0.25, -0.2) is 9.79 Å². The minimum atomic E-state index is -0.514. The van der Waals surface area contributed by atoms with Crippen LogP contribution in [0.2, 0.25) is 5.02 Å². The fourth-order valence-corrected chi connectivity index (χ4v) is 3.75. The van der Waals surface area contributed by atoms with E-state index in [0.717, 1.165) is 20.3 Å². The average molecular weight is 560 g/mol. The number of esters is 1. The third-order valence-corrected chi connectivity index (χ3v) is 6.26. The van der Waals surface area contributed by atoms with Crippen LogP contribution in [-0.4, -0.2) is 19.0 Å². The van der Waals surface area contributed by atoms with E-state index in [1.807, 2.05) is 55.5 Å². The summed E-state index contributed by atoms with van der Waals surface area (Å²) < 4.78 is 18.1. The Morgan fingerprint density at radius 1 is 1.12 bits per heavy atom. The number of methoxy groups -OCH3 is 1. The number of halogens is 2. The van der Waals surface area contributed by atoms with Crippen LogP contribution < -0.4 is 9.47 Å². The number of rotatable bonds is 6. The molecule has 1 aliphatic heterocycles. The van der Waals surface area contributed by atoms with Gasteiger partial charge in [0.05, 0.1) is 7.11 Å². The van der Waals surface area contributed by atoms with E-state index in [1.165, 1.54) is 0 Å². The molecule has 1 aliphatic rings. The Bertz CT molecular complexity index is 1250. The van der Waals surface area contributed by atoms with Crippen LogP contribution in [0.25, 0.3) is 6.08 Å². The summed E-state index contributed by atoms with van der Waals surface area (Å²) in [5, 5.41) is 0.634.